The van der Waals surface area contributed by atoms with Gasteiger partial charge >= 0.3 is 0 Å². The molecule has 92 valence electrons. The number of hydrogen-bond donors (Lipinski definition) is 2. The molecule has 2 aromatic rings. The van der Waals surface area contributed by atoms with Gasteiger partial charge in [-0.15, -0.1) is 11.8 Å². The van der Waals surface area contributed by atoms with Crippen LogP contribution in [0.1, 0.15) is 0 Å². The molecule has 2 rings (SSSR count). The summed E-state index contributed by atoms with van der Waals surface area (Å²) < 4.78 is 22.0. The molecule has 0 saturated heterocycles. The molecule has 17 heavy (non-hydrogen) atoms. The Morgan fingerprint density at radius 2 is 2.24 bits per heavy atom. The highest BCUT2D eigenvalue weighted by molar-refractivity contribution is 8.00. The number of thioether (sulfide) groups is 1. The summed E-state index contributed by atoms with van der Waals surface area (Å²) in [5.74, 6) is 0.654. The average molecular weight is 271 g/mol. The number of nitrogens with zero attached hydrogens (tertiary/aromatic N) is 1. The molecular formula is C10H13N3O2S2. The Bertz CT molecular complexity index is 634. The topological polar surface area (TPSA) is 88.8 Å². The molecule has 0 spiro atoms. The first-order valence-electron chi connectivity index (χ1n) is 4.99. The van der Waals surface area contributed by atoms with Crippen molar-refractivity contribution in [3.8, 4) is 0 Å². The van der Waals surface area contributed by atoms with Crippen molar-refractivity contribution >= 4 is 38.2 Å². The van der Waals surface area contributed by atoms with Crippen LogP contribution in [0.25, 0.3) is 10.9 Å². The zero-order valence-corrected chi connectivity index (χ0v) is 10.9. The second-order valence-electron chi connectivity index (χ2n) is 3.83. The van der Waals surface area contributed by atoms with Gasteiger partial charge in [-0.05, 0) is 12.1 Å². The number of nitrogen functional groups attached to an aromatic ring is 1. The standard InChI is InChI=1S/C10H13N3O2S2/c1-17(14,15)3-2-16-10-5-9-7(4-8(10)11)6-12-13-9/h4-6H,2-3,11H2,1H3,(H,12,13). The Morgan fingerprint density at radius 3 is 2.94 bits per heavy atom. The number of anilines is 1. The zero-order chi connectivity index (χ0) is 12.5. The van der Waals surface area contributed by atoms with Gasteiger partial charge in [-0.1, -0.05) is 0 Å². The monoisotopic (exact) mass is 271 g/mol. The van der Waals surface area contributed by atoms with Crippen LogP contribution >= 0.6 is 11.8 Å². The van der Waals surface area contributed by atoms with Crippen LogP contribution in [0, 0.1) is 0 Å². The molecule has 0 atom stereocenters. The van der Waals surface area contributed by atoms with Gasteiger partial charge in [-0.3, -0.25) is 5.10 Å². The van der Waals surface area contributed by atoms with E-state index in [2.05, 4.69) is 10.2 Å². The number of rotatable bonds is 4. The molecule has 0 aliphatic rings. The van der Waals surface area contributed by atoms with E-state index in [-0.39, 0.29) is 5.75 Å². The lowest BCUT2D eigenvalue weighted by molar-refractivity contribution is 0.603. The number of nitrogens with one attached hydrogen (secondary N) is 1. The largest absolute Gasteiger partial charge is 0.398 e. The minimum atomic E-state index is -2.92. The van der Waals surface area contributed by atoms with E-state index in [1.807, 2.05) is 12.1 Å². The van der Waals surface area contributed by atoms with Crippen LogP contribution in [0.15, 0.2) is 23.2 Å². The quantitative estimate of drug-likeness (QED) is 0.646. The third-order valence-electron chi connectivity index (χ3n) is 2.28. The molecule has 3 N–H and O–H groups in total. The first kappa shape index (κ1) is 12.3. The van der Waals surface area contributed by atoms with Gasteiger partial charge in [0.25, 0.3) is 0 Å². The molecule has 0 unspecified atom stereocenters. The number of aromatic amines is 1. The van der Waals surface area contributed by atoms with Crippen LogP contribution in [-0.4, -0.2) is 36.4 Å². The highest BCUT2D eigenvalue weighted by Crippen LogP contribution is 2.29. The van der Waals surface area contributed by atoms with E-state index in [1.54, 1.807) is 6.20 Å². The van der Waals surface area contributed by atoms with Gasteiger partial charge in [0.05, 0.1) is 17.5 Å². The zero-order valence-electron chi connectivity index (χ0n) is 9.30. The second-order valence-corrected chi connectivity index (χ2v) is 7.22. The van der Waals surface area contributed by atoms with Gasteiger partial charge in [0.1, 0.15) is 9.84 Å². The molecular weight excluding hydrogens is 258 g/mol. The molecule has 0 aliphatic carbocycles. The first-order valence-corrected chi connectivity index (χ1v) is 8.03. The Balaban J connectivity index is 2.15. The molecule has 1 aromatic heterocycles. The molecule has 0 bridgehead atoms. The van der Waals surface area contributed by atoms with E-state index in [1.165, 1.54) is 18.0 Å². The summed E-state index contributed by atoms with van der Waals surface area (Å²) in [6.45, 7) is 0. The number of fused-ring (bicyclic) bond motifs is 1. The maximum atomic E-state index is 11.0. The van der Waals surface area contributed by atoms with Crippen molar-refractivity contribution in [3.05, 3.63) is 18.3 Å². The van der Waals surface area contributed by atoms with Crippen LogP contribution in [0.5, 0.6) is 0 Å². The molecule has 0 saturated carbocycles. The van der Waals surface area contributed by atoms with E-state index in [0.717, 1.165) is 15.8 Å². The van der Waals surface area contributed by atoms with E-state index in [4.69, 9.17) is 5.73 Å². The molecule has 0 amide bonds. The van der Waals surface area contributed by atoms with Crippen molar-refractivity contribution in [3.63, 3.8) is 0 Å². The van der Waals surface area contributed by atoms with E-state index < -0.39 is 9.84 Å². The number of aromatic nitrogens is 2. The minimum Gasteiger partial charge on any atom is -0.398 e. The summed E-state index contributed by atoms with van der Waals surface area (Å²) >= 11 is 1.44. The van der Waals surface area contributed by atoms with Gasteiger partial charge in [-0.2, -0.15) is 5.10 Å². The highest BCUT2D eigenvalue weighted by atomic mass is 32.2. The number of nitrogens with two attached hydrogens (primary N) is 1. The molecule has 5 nitrogen and oxygen atoms in total. The molecule has 7 heteroatoms. The summed E-state index contributed by atoms with van der Waals surface area (Å²) in [5, 5.41) is 7.73. The third-order valence-corrected chi connectivity index (χ3v) is 4.56. The van der Waals surface area contributed by atoms with Gasteiger partial charge < -0.3 is 5.73 Å². The van der Waals surface area contributed by atoms with Crippen molar-refractivity contribution in [2.75, 3.05) is 23.5 Å². The molecule has 1 aromatic carbocycles. The molecule has 0 radical (unpaired) electrons. The van der Waals surface area contributed by atoms with Crippen molar-refractivity contribution in [1.82, 2.24) is 10.2 Å². The maximum absolute atomic E-state index is 11.0. The summed E-state index contributed by atoms with van der Waals surface area (Å²) in [7, 11) is -2.92. The van der Waals surface area contributed by atoms with Crippen LogP contribution in [0.2, 0.25) is 0 Å². The SMILES string of the molecule is CS(=O)(=O)CCSc1cc2[nH]ncc2cc1N. The highest BCUT2D eigenvalue weighted by Gasteiger charge is 2.07. The van der Waals surface area contributed by atoms with Gasteiger partial charge in [0, 0.05) is 28.0 Å². The fourth-order valence-corrected chi connectivity index (χ4v) is 3.61. The fraction of sp³-hybridized carbons (Fsp3) is 0.300. The number of H-pyrrole nitrogens is 1. The summed E-state index contributed by atoms with van der Waals surface area (Å²) in [6, 6.07) is 3.73. The summed E-state index contributed by atoms with van der Waals surface area (Å²) in [6.07, 6.45) is 2.94. The van der Waals surface area contributed by atoms with E-state index in [9.17, 15) is 8.42 Å². The Labute approximate surface area is 104 Å². The third kappa shape index (κ3) is 3.13. The number of hydrogen-bond acceptors (Lipinski definition) is 5. The molecule has 0 aliphatic heterocycles. The van der Waals surface area contributed by atoms with Gasteiger partial charge in [-0.25, -0.2) is 8.42 Å². The van der Waals surface area contributed by atoms with Crippen LogP contribution < -0.4 is 5.73 Å². The van der Waals surface area contributed by atoms with Crippen molar-refractivity contribution < 1.29 is 8.42 Å². The summed E-state index contributed by atoms with van der Waals surface area (Å²) in [4.78, 5) is 0.880. The minimum absolute atomic E-state index is 0.151. The van der Waals surface area contributed by atoms with Gasteiger partial charge in [0.15, 0.2) is 0 Å². The smallest absolute Gasteiger partial charge is 0.148 e. The maximum Gasteiger partial charge on any atom is 0.148 e. The second kappa shape index (κ2) is 4.58. The number of benzene rings is 1. The Morgan fingerprint density at radius 1 is 1.47 bits per heavy atom. The average Bonchev–Trinajstić information content (AvgIpc) is 2.63. The fourth-order valence-electron chi connectivity index (χ4n) is 1.42. The van der Waals surface area contributed by atoms with Crippen LogP contribution in [0.3, 0.4) is 0 Å². The number of sulfone groups is 1. The molecule has 0 fully saturated rings. The lowest BCUT2D eigenvalue weighted by Crippen LogP contribution is -2.05. The molecule has 1 heterocycles. The lowest BCUT2D eigenvalue weighted by atomic mass is 10.2. The Kier molecular flexibility index (Phi) is 3.30. The van der Waals surface area contributed by atoms with E-state index in [0.29, 0.717) is 11.4 Å². The van der Waals surface area contributed by atoms with Crippen LogP contribution in [-0.2, 0) is 9.84 Å². The first-order chi connectivity index (χ1) is 7.96. The predicted molar refractivity (Wildman–Crippen MR) is 70.9 cm³/mol. The van der Waals surface area contributed by atoms with E-state index >= 15 is 0 Å². The van der Waals surface area contributed by atoms with Crippen LogP contribution in [0.4, 0.5) is 5.69 Å². The predicted octanol–water partition coefficient (Wildman–Crippen LogP) is 1.28. The normalized spacial score (nSPS) is 12.1. The lowest BCUT2D eigenvalue weighted by Gasteiger charge is -2.05. The Hall–Kier alpha value is -1.21. The van der Waals surface area contributed by atoms with Gasteiger partial charge in [0.2, 0.25) is 0 Å². The van der Waals surface area contributed by atoms with Crippen molar-refractivity contribution in [2.24, 2.45) is 0 Å². The van der Waals surface area contributed by atoms with Crippen molar-refractivity contribution in [2.45, 2.75) is 4.90 Å². The summed E-state index contributed by atoms with van der Waals surface area (Å²) in [5.41, 5.74) is 7.44. The van der Waals surface area contributed by atoms with Crippen molar-refractivity contribution in [1.29, 1.82) is 0 Å².